The first-order chi connectivity index (χ1) is 9.15. The zero-order chi connectivity index (χ0) is 13.8. The van der Waals surface area contributed by atoms with E-state index in [0.29, 0.717) is 17.3 Å². The van der Waals surface area contributed by atoms with E-state index >= 15 is 0 Å². The molecule has 104 valence electrons. The molecule has 1 unspecified atom stereocenters. The van der Waals surface area contributed by atoms with Gasteiger partial charge in [-0.15, -0.1) is 0 Å². The van der Waals surface area contributed by atoms with Crippen molar-refractivity contribution in [2.45, 2.75) is 6.42 Å². The summed E-state index contributed by atoms with van der Waals surface area (Å²) in [6.07, 6.45) is 2.68. The lowest BCUT2D eigenvalue weighted by molar-refractivity contribution is 0.0601. The predicted octanol–water partition coefficient (Wildman–Crippen LogP) is 0.923. The SMILES string of the molecule is COCC1CCN(c2cnc(N)cc2C(=O)OC)C1. The first-order valence-corrected chi connectivity index (χ1v) is 6.23. The molecule has 2 N–H and O–H groups in total. The Labute approximate surface area is 112 Å². The monoisotopic (exact) mass is 265 g/mol. The second-order valence-electron chi connectivity index (χ2n) is 4.67. The number of carbonyl (C=O) groups excluding carboxylic acids is 1. The molecular formula is C13H19N3O3. The van der Waals surface area contributed by atoms with Crippen molar-refractivity contribution in [2.24, 2.45) is 5.92 Å². The Balaban J connectivity index is 2.22. The number of hydrogen-bond donors (Lipinski definition) is 1. The maximum Gasteiger partial charge on any atom is 0.340 e. The van der Waals surface area contributed by atoms with Crippen LogP contribution >= 0.6 is 0 Å². The van der Waals surface area contributed by atoms with Gasteiger partial charge in [0.15, 0.2) is 0 Å². The highest BCUT2D eigenvalue weighted by molar-refractivity contribution is 5.96. The molecule has 1 atom stereocenters. The summed E-state index contributed by atoms with van der Waals surface area (Å²) in [5.74, 6) is 0.407. The number of carbonyl (C=O) groups is 1. The summed E-state index contributed by atoms with van der Waals surface area (Å²) in [5.41, 5.74) is 6.88. The van der Waals surface area contributed by atoms with Gasteiger partial charge in [0.2, 0.25) is 0 Å². The van der Waals surface area contributed by atoms with E-state index in [2.05, 4.69) is 9.88 Å². The quantitative estimate of drug-likeness (QED) is 0.816. The number of hydrogen-bond acceptors (Lipinski definition) is 6. The molecule has 1 aliphatic heterocycles. The summed E-state index contributed by atoms with van der Waals surface area (Å²) in [7, 11) is 3.06. The molecule has 1 aromatic heterocycles. The Kier molecular flexibility index (Phi) is 4.21. The summed E-state index contributed by atoms with van der Waals surface area (Å²) < 4.78 is 9.97. The van der Waals surface area contributed by atoms with Gasteiger partial charge in [0.25, 0.3) is 0 Å². The number of pyridine rings is 1. The van der Waals surface area contributed by atoms with Crippen molar-refractivity contribution in [1.29, 1.82) is 0 Å². The number of aromatic nitrogens is 1. The summed E-state index contributed by atoms with van der Waals surface area (Å²) in [5, 5.41) is 0. The van der Waals surface area contributed by atoms with Crippen LogP contribution in [0.4, 0.5) is 11.5 Å². The van der Waals surface area contributed by atoms with Crippen LogP contribution in [0.3, 0.4) is 0 Å². The molecule has 1 aromatic rings. The van der Waals surface area contributed by atoms with Crippen molar-refractivity contribution >= 4 is 17.5 Å². The van der Waals surface area contributed by atoms with Gasteiger partial charge in [0, 0.05) is 26.1 Å². The van der Waals surface area contributed by atoms with Crippen molar-refractivity contribution in [1.82, 2.24) is 4.98 Å². The van der Waals surface area contributed by atoms with Gasteiger partial charge in [0.1, 0.15) is 5.82 Å². The average Bonchev–Trinajstić information content (AvgIpc) is 2.86. The highest BCUT2D eigenvalue weighted by Gasteiger charge is 2.26. The van der Waals surface area contributed by atoms with Crippen LogP contribution in [0.2, 0.25) is 0 Å². The minimum Gasteiger partial charge on any atom is -0.465 e. The molecule has 6 nitrogen and oxygen atoms in total. The lowest BCUT2D eigenvalue weighted by Crippen LogP contribution is -2.24. The minimum atomic E-state index is -0.390. The van der Waals surface area contributed by atoms with Crippen LogP contribution in [0.5, 0.6) is 0 Å². The molecule has 2 heterocycles. The fourth-order valence-corrected chi connectivity index (χ4v) is 2.41. The van der Waals surface area contributed by atoms with Gasteiger partial charge in [-0.05, 0) is 12.5 Å². The van der Waals surface area contributed by atoms with Crippen molar-refractivity contribution < 1.29 is 14.3 Å². The number of ether oxygens (including phenoxy) is 2. The second-order valence-corrected chi connectivity index (χ2v) is 4.67. The average molecular weight is 265 g/mol. The fourth-order valence-electron chi connectivity index (χ4n) is 2.41. The minimum absolute atomic E-state index is 0.316. The molecule has 1 aliphatic rings. The largest absolute Gasteiger partial charge is 0.465 e. The normalized spacial score (nSPS) is 18.6. The van der Waals surface area contributed by atoms with Crippen LogP contribution in [0.1, 0.15) is 16.8 Å². The summed E-state index contributed by atoms with van der Waals surface area (Å²) >= 11 is 0. The molecule has 19 heavy (non-hydrogen) atoms. The number of methoxy groups -OCH3 is 2. The highest BCUT2D eigenvalue weighted by Crippen LogP contribution is 2.28. The van der Waals surface area contributed by atoms with Crippen LogP contribution in [0.25, 0.3) is 0 Å². The van der Waals surface area contributed by atoms with E-state index in [-0.39, 0.29) is 5.97 Å². The first kappa shape index (κ1) is 13.6. The van der Waals surface area contributed by atoms with Gasteiger partial charge >= 0.3 is 5.97 Å². The molecule has 0 aromatic carbocycles. The number of nitrogens with two attached hydrogens (primary N) is 1. The molecule has 2 rings (SSSR count). The van der Waals surface area contributed by atoms with Crippen LogP contribution in [-0.4, -0.2) is 44.9 Å². The molecule has 0 saturated carbocycles. The molecule has 0 aliphatic carbocycles. The smallest absolute Gasteiger partial charge is 0.340 e. The van der Waals surface area contributed by atoms with E-state index < -0.39 is 0 Å². The zero-order valence-electron chi connectivity index (χ0n) is 11.3. The summed E-state index contributed by atoms with van der Waals surface area (Å²) in [6, 6.07) is 1.56. The molecule has 6 heteroatoms. The molecule has 0 radical (unpaired) electrons. The van der Waals surface area contributed by atoms with Gasteiger partial charge in [-0.25, -0.2) is 9.78 Å². The van der Waals surface area contributed by atoms with Gasteiger partial charge in [-0.2, -0.15) is 0 Å². The lowest BCUT2D eigenvalue weighted by atomic mass is 10.1. The number of rotatable bonds is 4. The number of nitrogens with zero attached hydrogens (tertiary/aromatic N) is 2. The van der Waals surface area contributed by atoms with E-state index in [4.69, 9.17) is 15.2 Å². The summed E-state index contributed by atoms with van der Waals surface area (Å²) in [4.78, 5) is 18.0. The molecule has 1 fully saturated rings. The fraction of sp³-hybridized carbons (Fsp3) is 0.538. The third-order valence-electron chi connectivity index (χ3n) is 3.34. The van der Waals surface area contributed by atoms with Gasteiger partial charge in [-0.3, -0.25) is 0 Å². The summed E-state index contributed by atoms with van der Waals surface area (Å²) in [6.45, 7) is 2.46. The van der Waals surface area contributed by atoms with Gasteiger partial charge < -0.3 is 20.1 Å². The first-order valence-electron chi connectivity index (χ1n) is 6.23. The van der Waals surface area contributed by atoms with Crippen LogP contribution in [-0.2, 0) is 9.47 Å². The second kappa shape index (κ2) is 5.88. The van der Waals surface area contributed by atoms with E-state index in [1.807, 2.05) is 0 Å². The lowest BCUT2D eigenvalue weighted by Gasteiger charge is -2.21. The molecule has 1 saturated heterocycles. The van der Waals surface area contributed by atoms with Crippen LogP contribution in [0.15, 0.2) is 12.3 Å². The Morgan fingerprint density at radius 2 is 2.37 bits per heavy atom. The van der Waals surface area contributed by atoms with E-state index in [9.17, 15) is 4.79 Å². The Hall–Kier alpha value is -1.82. The number of anilines is 2. The van der Waals surface area contributed by atoms with Crippen LogP contribution < -0.4 is 10.6 Å². The van der Waals surface area contributed by atoms with Crippen molar-refractivity contribution in [3.63, 3.8) is 0 Å². The van der Waals surface area contributed by atoms with E-state index in [1.54, 1.807) is 19.4 Å². The molecule has 0 bridgehead atoms. The number of esters is 1. The predicted molar refractivity (Wildman–Crippen MR) is 72.2 cm³/mol. The Morgan fingerprint density at radius 3 is 3.05 bits per heavy atom. The maximum atomic E-state index is 11.8. The number of nitrogen functional groups attached to an aromatic ring is 1. The zero-order valence-corrected chi connectivity index (χ0v) is 11.3. The Bertz CT molecular complexity index is 464. The Morgan fingerprint density at radius 1 is 1.58 bits per heavy atom. The van der Waals surface area contributed by atoms with Crippen molar-refractivity contribution in [3.05, 3.63) is 17.8 Å². The van der Waals surface area contributed by atoms with E-state index in [0.717, 1.165) is 31.8 Å². The highest BCUT2D eigenvalue weighted by atomic mass is 16.5. The van der Waals surface area contributed by atoms with E-state index in [1.165, 1.54) is 7.11 Å². The van der Waals surface area contributed by atoms with Gasteiger partial charge in [-0.1, -0.05) is 0 Å². The van der Waals surface area contributed by atoms with Crippen molar-refractivity contribution in [3.8, 4) is 0 Å². The van der Waals surface area contributed by atoms with Gasteiger partial charge in [0.05, 0.1) is 31.2 Å². The third-order valence-corrected chi connectivity index (χ3v) is 3.34. The molecule has 0 spiro atoms. The molecule has 0 amide bonds. The van der Waals surface area contributed by atoms with Crippen LogP contribution in [0, 0.1) is 5.92 Å². The standard InChI is InChI=1S/C13H19N3O3/c1-18-8-9-3-4-16(7-9)11-6-15-12(14)5-10(11)13(17)19-2/h5-6,9H,3-4,7-8H2,1-2H3,(H2,14,15). The van der Waals surface area contributed by atoms with Crippen molar-refractivity contribution in [2.75, 3.05) is 44.5 Å². The molecular weight excluding hydrogens is 246 g/mol. The topological polar surface area (TPSA) is 77.7 Å². The third kappa shape index (κ3) is 2.96. The maximum absolute atomic E-state index is 11.8.